The van der Waals surface area contributed by atoms with E-state index < -0.39 is 0 Å². The minimum Gasteiger partial charge on any atom is -0.371 e. The first-order valence-corrected chi connectivity index (χ1v) is 5.96. The van der Waals surface area contributed by atoms with E-state index in [2.05, 4.69) is 31.4 Å². The van der Waals surface area contributed by atoms with E-state index in [-0.39, 0.29) is 5.54 Å². The first-order chi connectivity index (χ1) is 6.87. The summed E-state index contributed by atoms with van der Waals surface area (Å²) in [5, 5.41) is 14.3. The summed E-state index contributed by atoms with van der Waals surface area (Å²) in [6.45, 7) is 8.46. The molecule has 1 fully saturated rings. The molecule has 2 unspecified atom stereocenters. The van der Waals surface area contributed by atoms with E-state index in [0.717, 1.165) is 6.42 Å². The maximum atomic E-state index is 7.44. The van der Waals surface area contributed by atoms with Crippen LogP contribution in [0.5, 0.6) is 0 Å². The van der Waals surface area contributed by atoms with Crippen LogP contribution in [-0.4, -0.2) is 23.5 Å². The van der Waals surface area contributed by atoms with Gasteiger partial charge in [0, 0.05) is 17.6 Å². The second-order valence-corrected chi connectivity index (χ2v) is 5.72. The van der Waals surface area contributed by atoms with Gasteiger partial charge in [-0.1, -0.05) is 0 Å². The SMILES string of the molecule is CC(=N)NC1CCCC(NC(C)(C)C)C1. The third-order valence-electron chi connectivity index (χ3n) is 2.73. The van der Waals surface area contributed by atoms with Crippen LogP contribution in [0, 0.1) is 5.41 Å². The summed E-state index contributed by atoms with van der Waals surface area (Å²) >= 11 is 0. The Morgan fingerprint density at radius 3 is 2.33 bits per heavy atom. The van der Waals surface area contributed by atoms with Gasteiger partial charge in [0.2, 0.25) is 0 Å². The number of hydrogen-bond donors (Lipinski definition) is 3. The van der Waals surface area contributed by atoms with Crippen molar-refractivity contribution in [3.63, 3.8) is 0 Å². The lowest BCUT2D eigenvalue weighted by Crippen LogP contribution is -2.49. The van der Waals surface area contributed by atoms with Crippen molar-refractivity contribution in [3.05, 3.63) is 0 Å². The molecule has 0 spiro atoms. The van der Waals surface area contributed by atoms with Crippen LogP contribution in [0.3, 0.4) is 0 Å². The summed E-state index contributed by atoms with van der Waals surface area (Å²) in [5.74, 6) is 0.594. The molecular formula is C12H25N3. The van der Waals surface area contributed by atoms with Gasteiger partial charge in [-0.25, -0.2) is 0 Å². The molecule has 15 heavy (non-hydrogen) atoms. The molecule has 0 aromatic heterocycles. The molecule has 1 aliphatic rings. The highest BCUT2D eigenvalue weighted by atomic mass is 15.0. The Bertz CT molecular complexity index is 217. The Labute approximate surface area is 93.5 Å². The fraction of sp³-hybridized carbons (Fsp3) is 0.917. The highest BCUT2D eigenvalue weighted by Gasteiger charge is 2.24. The van der Waals surface area contributed by atoms with Gasteiger partial charge in [-0.05, 0) is 53.4 Å². The molecule has 3 nitrogen and oxygen atoms in total. The zero-order chi connectivity index (χ0) is 11.5. The van der Waals surface area contributed by atoms with Crippen LogP contribution < -0.4 is 10.6 Å². The van der Waals surface area contributed by atoms with E-state index in [1.54, 1.807) is 0 Å². The number of rotatable bonds is 2. The Morgan fingerprint density at radius 2 is 1.80 bits per heavy atom. The molecule has 0 saturated heterocycles. The fourth-order valence-electron chi connectivity index (χ4n) is 2.37. The normalized spacial score (nSPS) is 27.5. The van der Waals surface area contributed by atoms with E-state index in [0.29, 0.717) is 17.9 Å². The summed E-state index contributed by atoms with van der Waals surface area (Å²) in [6.07, 6.45) is 4.89. The van der Waals surface area contributed by atoms with Gasteiger partial charge in [0.25, 0.3) is 0 Å². The Morgan fingerprint density at radius 1 is 1.20 bits per heavy atom. The van der Waals surface area contributed by atoms with Gasteiger partial charge in [-0.3, -0.25) is 5.41 Å². The van der Waals surface area contributed by atoms with Crippen molar-refractivity contribution in [2.45, 2.75) is 71.0 Å². The molecule has 2 atom stereocenters. The van der Waals surface area contributed by atoms with Gasteiger partial charge in [0.1, 0.15) is 0 Å². The van der Waals surface area contributed by atoms with Crippen molar-refractivity contribution in [2.75, 3.05) is 0 Å². The van der Waals surface area contributed by atoms with Crippen molar-refractivity contribution >= 4 is 5.84 Å². The summed E-state index contributed by atoms with van der Waals surface area (Å²) in [4.78, 5) is 0. The van der Waals surface area contributed by atoms with Crippen molar-refractivity contribution in [1.82, 2.24) is 10.6 Å². The predicted molar refractivity (Wildman–Crippen MR) is 65.5 cm³/mol. The van der Waals surface area contributed by atoms with Crippen LogP contribution in [0.25, 0.3) is 0 Å². The average molecular weight is 211 g/mol. The van der Waals surface area contributed by atoms with Crippen LogP contribution in [0.4, 0.5) is 0 Å². The Hall–Kier alpha value is -0.570. The average Bonchev–Trinajstić information content (AvgIpc) is 1.99. The van der Waals surface area contributed by atoms with E-state index >= 15 is 0 Å². The molecule has 0 amide bonds. The largest absolute Gasteiger partial charge is 0.371 e. The molecule has 0 aromatic rings. The topological polar surface area (TPSA) is 47.9 Å². The zero-order valence-corrected chi connectivity index (χ0v) is 10.5. The van der Waals surface area contributed by atoms with Crippen molar-refractivity contribution in [2.24, 2.45) is 0 Å². The van der Waals surface area contributed by atoms with Crippen LogP contribution in [0.2, 0.25) is 0 Å². The monoisotopic (exact) mass is 211 g/mol. The van der Waals surface area contributed by atoms with Crippen LogP contribution in [0.15, 0.2) is 0 Å². The van der Waals surface area contributed by atoms with Crippen LogP contribution >= 0.6 is 0 Å². The summed E-state index contributed by atoms with van der Waals surface area (Å²) in [7, 11) is 0. The second kappa shape index (κ2) is 4.97. The maximum absolute atomic E-state index is 7.44. The third-order valence-corrected chi connectivity index (χ3v) is 2.73. The van der Waals surface area contributed by atoms with Gasteiger partial charge in [-0.15, -0.1) is 0 Å². The molecule has 0 aromatic carbocycles. The minimum absolute atomic E-state index is 0.201. The van der Waals surface area contributed by atoms with E-state index in [1.807, 2.05) is 6.92 Å². The molecule has 1 aliphatic carbocycles. The van der Waals surface area contributed by atoms with E-state index in [1.165, 1.54) is 19.3 Å². The smallest absolute Gasteiger partial charge is 0.0901 e. The van der Waals surface area contributed by atoms with Gasteiger partial charge >= 0.3 is 0 Å². The fourth-order valence-corrected chi connectivity index (χ4v) is 2.37. The molecule has 0 radical (unpaired) electrons. The lowest BCUT2D eigenvalue weighted by atomic mass is 9.89. The summed E-state index contributed by atoms with van der Waals surface area (Å²) < 4.78 is 0. The first kappa shape index (κ1) is 12.5. The number of nitrogens with one attached hydrogen (secondary N) is 3. The van der Waals surface area contributed by atoms with Gasteiger partial charge in [0.15, 0.2) is 0 Å². The maximum Gasteiger partial charge on any atom is 0.0901 e. The molecule has 1 saturated carbocycles. The number of hydrogen-bond acceptors (Lipinski definition) is 2. The van der Waals surface area contributed by atoms with E-state index in [4.69, 9.17) is 5.41 Å². The molecular weight excluding hydrogens is 186 g/mol. The minimum atomic E-state index is 0.201. The second-order valence-electron chi connectivity index (χ2n) is 5.72. The molecule has 88 valence electrons. The number of amidine groups is 1. The van der Waals surface area contributed by atoms with Crippen LogP contribution in [0.1, 0.15) is 53.4 Å². The molecule has 0 aliphatic heterocycles. The Balaban J connectivity index is 2.38. The molecule has 0 bridgehead atoms. The lowest BCUT2D eigenvalue weighted by molar-refractivity contribution is 0.269. The quantitative estimate of drug-likeness (QED) is 0.485. The zero-order valence-electron chi connectivity index (χ0n) is 10.5. The molecule has 0 heterocycles. The van der Waals surface area contributed by atoms with E-state index in [9.17, 15) is 0 Å². The van der Waals surface area contributed by atoms with Crippen molar-refractivity contribution in [3.8, 4) is 0 Å². The van der Waals surface area contributed by atoms with Crippen molar-refractivity contribution < 1.29 is 0 Å². The van der Waals surface area contributed by atoms with Crippen molar-refractivity contribution in [1.29, 1.82) is 5.41 Å². The third kappa shape index (κ3) is 5.17. The highest BCUT2D eigenvalue weighted by molar-refractivity contribution is 5.76. The molecule has 3 heteroatoms. The van der Waals surface area contributed by atoms with Crippen LogP contribution in [-0.2, 0) is 0 Å². The predicted octanol–water partition coefficient (Wildman–Crippen LogP) is 2.27. The van der Waals surface area contributed by atoms with Gasteiger partial charge in [0.05, 0.1) is 5.84 Å². The lowest BCUT2D eigenvalue weighted by Gasteiger charge is -2.35. The standard InChI is InChI=1S/C12H25N3/c1-9(13)14-10-6-5-7-11(8-10)15-12(2,3)4/h10-11,15H,5-8H2,1-4H3,(H2,13,14). The summed E-state index contributed by atoms with van der Waals surface area (Å²) in [5.41, 5.74) is 0.201. The van der Waals surface area contributed by atoms with Gasteiger partial charge < -0.3 is 10.6 Å². The highest BCUT2D eigenvalue weighted by Crippen LogP contribution is 2.20. The first-order valence-electron chi connectivity index (χ1n) is 5.96. The Kier molecular flexibility index (Phi) is 4.14. The van der Waals surface area contributed by atoms with Gasteiger partial charge in [-0.2, -0.15) is 0 Å². The summed E-state index contributed by atoms with van der Waals surface area (Å²) in [6, 6.07) is 1.10. The molecule has 1 rings (SSSR count). The molecule has 3 N–H and O–H groups in total.